The van der Waals surface area contributed by atoms with Crippen LogP contribution in [0.25, 0.3) is 31.3 Å². The van der Waals surface area contributed by atoms with Gasteiger partial charge in [0.05, 0.1) is 5.56 Å². The van der Waals surface area contributed by atoms with Gasteiger partial charge in [0.1, 0.15) is 0 Å². The minimum absolute atomic E-state index is 0.318. The number of rotatable bonds is 2. The van der Waals surface area contributed by atoms with Crippen molar-refractivity contribution in [3.63, 3.8) is 0 Å². The van der Waals surface area contributed by atoms with E-state index in [0.717, 1.165) is 31.1 Å². The normalized spacial score (nSPS) is 11.2. The van der Waals surface area contributed by atoms with Gasteiger partial charge in [0.25, 0.3) is 0 Å². The van der Waals surface area contributed by atoms with Gasteiger partial charge in [-0.05, 0) is 35.9 Å². The predicted molar refractivity (Wildman–Crippen MR) is 99.4 cm³/mol. The Morgan fingerprint density at radius 1 is 0.957 bits per heavy atom. The SMILES string of the molecule is O=C(O)c1cc(-c2ccc(Br)cc2)c2sc3ccccc3c2c1. The Hall–Kier alpha value is -2.17. The van der Waals surface area contributed by atoms with E-state index >= 15 is 0 Å². The lowest BCUT2D eigenvalue weighted by atomic mass is 9.99. The summed E-state index contributed by atoms with van der Waals surface area (Å²) >= 11 is 5.15. The molecule has 0 aliphatic carbocycles. The predicted octanol–water partition coefficient (Wildman–Crippen LogP) is 6.18. The molecule has 1 N–H and O–H groups in total. The number of carboxylic acid groups (broad SMARTS) is 1. The number of hydrogen-bond donors (Lipinski definition) is 1. The highest BCUT2D eigenvalue weighted by molar-refractivity contribution is 9.10. The van der Waals surface area contributed by atoms with Gasteiger partial charge in [-0.1, -0.05) is 46.3 Å². The van der Waals surface area contributed by atoms with Crippen LogP contribution in [0.2, 0.25) is 0 Å². The van der Waals surface area contributed by atoms with Crippen molar-refractivity contribution in [1.82, 2.24) is 0 Å². The second kappa shape index (κ2) is 5.48. The molecule has 0 bridgehead atoms. The van der Waals surface area contributed by atoms with E-state index in [4.69, 9.17) is 0 Å². The van der Waals surface area contributed by atoms with E-state index in [9.17, 15) is 9.90 Å². The molecule has 1 aromatic heterocycles. The number of thiophene rings is 1. The molecule has 112 valence electrons. The summed E-state index contributed by atoms with van der Waals surface area (Å²) in [5, 5.41) is 11.6. The van der Waals surface area contributed by atoms with E-state index in [0.29, 0.717) is 5.56 Å². The van der Waals surface area contributed by atoms with Crippen LogP contribution >= 0.6 is 27.3 Å². The van der Waals surface area contributed by atoms with E-state index in [2.05, 4.69) is 22.0 Å². The van der Waals surface area contributed by atoms with Crippen molar-refractivity contribution in [2.75, 3.05) is 0 Å². The van der Waals surface area contributed by atoms with Crippen LogP contribution in [0.3, 0.4) is 0 Å². The third kappa shape index (κ3) is 2.44. The highest BCUT2D eigenvalue weighted by atomic mass is 79.9. The fourth-order valence-electron chi connectivity index (χ4n) is 2.79. The summed E-state index contributed by atoms with van der Waals surface area (Å²) in [5.74, 6) is -0.902. The number of halogens is 1. The Bertz CT molecular complexity index is 1050. The molecule has 0 aliphatic rings. The number of carbonyl (C=O) groups is 1. The van der Waals surface area contributed by atoms with E-state index in [1.807, 2.05) is 42.5 Å². The third-order valence-corrected chi connectivity index (χ3v) is 5.63. The number of benzene rings is 3. The number of aromatic carboxylic acids is 1. The van der Waals surface area contributed by atoms with Gasteiger partial charge in [-0.2, -0.15) is 0 Å². The summed E-state index contributed by atoms with van der Waals surface area (Å²) in [4.78, 5) is 11.5. The number of fused-ring (bicyclic) bond motifs is 3. The molecule has 0 amide bonds. The van der Waals surface area contributed by atoms with Crippen molar-refractivity contribution in [3.05, 3.63) is 70.7 Å². The monoisotopic (exact) mass is 382 g/mol. The molecule has 0 unspecified atom stereocenters. The number of hydrogen-bond acceptors (Lipinski definition) is 2. The van der Waals surface area contributed by atoms with Gasteiger partial charge in [-0.15, -0.1) is 11.3 Å². The molecule has 0 fully saturated rings. The molecule has 1 heterocycles. The van der Waals surface area contributed by atoms with Crippen LogP contribution in [-0.2, 0) is 0 Å². The highest BCUT2D eigenvalue weighted by Gasteiger charge is 2.15. The zero-order valence-corrected chi connectivity index (χ0v) is 14.3. The van der Waals surface area contributed by atoms with Crippen molar-refractivity contribution in [2.45, 2.75) is 0 Å². The molecule has 4 rings (SSSR count). The number of carboxylic acids is 1. The fraction of sp³-hybridized carbons (Fsp3) is 0. The molecule has 0 spiro atoms. The van der Waals surface area contributed by atoms with Crippen molar-refractivity contribution in [2.24, 2.45) is 0 Å². The van der Waals surface area contributed by atoms with E-state index in [-0.39, 0.29) is 0 Å². The molecule has 0 radical (unpaired) electrons. The first-order chi connectivity index (χ1) is 11.1. The molecule has 23 heavy (non-hydrogen) atoms. The quantitative estimate of drug-likeness (QED) is 0.449. The van der Waals surface area contributed by atoms with Gasteiger partial charge in [0.2, 0.25) is 0 Å². The minimum Gasteiger partial charge on any atom is -0.478 e. The second-order valence-corrected chi connectivity index (χ2v) is 7.28. The lowest BCUT2D eigenvalue weighted by Gasteiger charge is -2.06. The topological polar surface area (TPSA) is 37.3 Å². The standard InChI is InChI=1S/C19H11BrO2S/c20-13-7-5-11(6-8-13)15-9-12(19(21)22)10-16-14-3-1-2-4-17(14)23-18(15)16/h1-10H,(H,21,22). The molecule has 0 atom stereocenters. The molecular weight excluding hydrogens is 372 g/mol. The van der Waals surface area contributed by atoms with Gasteiger partial charge in [-0.25, -0.2) is 4.79 Å². The first kappa shape index (κ1) is 14.4. The summed E-state index contributed by atoms with van der Waals surface area (Å²) < 4.78 is 3.30. The Balaban J connectivity index is 2.12. The Morgan fingerprint density at radius 2 is 1.70 bits per heavy atom. The van der Waals surface area contributed by atoms with Gasteiger partial charge in [0, 0.05) is 30.2 Å². The highest BCUT2D eigenvalue weighted by Crippen LogP contribution is 2.40. The summed E-state index contributed by atoms with van der Waals surface area (Å²) in [5.41, 5.74) is 2.31. The molecule has 3 aromatic carbocycles. The summed E-state index contributed by atoms with van der Waals surface area (Å²) in [6.07, 6.45) is 0. The zero-order chi connectivity index (χ0) is 16.0. The minimum atomic E-state index is -0.902. The first-order valence-corrected chi connectivity index (χ1v) is 8.69. The van der Waals surface area contributed by atoms with Crippen molar-refractivity contribution < 1.29 is 9.90 Å². The van der Waals surface area contributed by atoms with E-state index < -0.39 is 5.97 Å². The zero-order valence-electron chi connectivity index (χ0n) is 11.9. The van der Waals surface area contributed by atoms with E-state index in [1.54, 1.807) is 23.5 Å². The third-order valence-electron chi connectivity index (χ3n) is 3.88. The van der Waals surface area contributed by atoms with Crippen molar-refractivity contribution >= 4 is 53.4 Å². The molecule has 0 saturated carbocycles. The first-order valence-electron chi connectivity index (χ1n) is 7.08. The van der Waals surface area contributed by atoms with Gasteiger partial charge in [-0.3, -0.25) is 0 Å². The van der Waals surface area contributed by atoms with Gasteiger partial charge in [0.15, 0.2) is 0 Å². The molecule has 4 heteroatoms. The maximum absolute atomic E-state index is 11.5. The van der Waals surface area contributed by atoms with Crippen LogP contribution in [-0.4, -0.2) is 11.1 Å². The van der Waals surface area contributed by atoms with Crippen LogP contribution in [0.15, 0.2) is 65.1 Å². The summed E-state index contributed by atoms with van der Waals surface area (Å²) in [6.45, 7) is 0. The molecule has 4 aromatic rings. The van der Waals surface area contributed by atoms with Crippen LogP contribution in [0, 0.1) is 0 Å². The molecule has 2 nitrogen and oxygen atoms in total. The summed E-state index contributed by atoms with van der Waals surface area (Å²) in [6, 6.07) is 19.6. The fourth-order valence-corrected chi connectivity index (χ4v) is 4.28. The van der Waals surface area contributed by atoms with E-state index in [1.165, 1.54) is 4.70 Å². The average molecular weight is 383 g/mol. The van der Waals surface area contributed by atoms with Gasteiger partial charge < -0.3 is 5.11 Å². The van der Waals surface area contributed by atoms with Crippen molar-refractivity contribution in [1.29, 1.82) is 0 Å². The maximum Gasteiger partial charge on any atom is 0.335 e. The Morgan fingerprint density at radius 3 is 2.43 bits per heavy atom. The average Bonchev–Trinajstić information content (AvgIpc) is 2.93. The lowest BCUT2D eigenvalue weighted by Crippen LogP contribution is -1.96. The van der Waals surface area contributed by atoms with Crippen LogP contribution in [0.4, 0.5) is 0 Å². The largest absolute Gasteiger partial charge is 0.478 e. The lowest BCUT2D eigenvalue weighted by molar-refractivity contribution is 0.0697. The Kier molecular flexibility index (Phi) is 3.43. The van der Waals surface area contributed by atoms with Gasteiger partial charge >= 0.3 is 5.97 Å². The van der Waals surface area contributed by atoms with Crippen LogP contribution in [0.1, 0.15) is 10.4 Å². The molecular formula is C19H11BrO2S. The molecule has 0 saturated heterocycles. The van der Waals surface area contributed by atoms with Crippen LogP contribution in [0.5, 0.6) is 0 Å². The summed E-state index contributed by atoms with van der Waals surface area (Å²) in [7, 11) is 0. The smallest absolute Gasteiger partial charge is 0.335 e. The van der Waals surface area contributed by atoms with Crippen LogP contribution < -0.4 is 0 Å². The Labute approximate surface area is 145 Å². The van der Waals surface area contributed by atoms with Crippen molar-refractivity contribution in [3.8, 4) is 11.1 Å². The maximum atomic E-state index is 11.5. The molecule has 0 aliphatic heterocycles. The second-order valence-electron chi connectivity index (χ2n) is 5.31.